The summed E-state index contributed by atoms with van der Waals surface area (Å²) < 4.78 is 29.5. The number of halogens is 1. The van der Waals surface area contributed by atoms with E-state index in [-0.39, 0.29) is 31.0 Å². The molecule has 1 fully saturated rings. The lowest BCUT2D eigenvalue weighted by Gasteiger charge is -2.26. The van der Waals surface area contributed by atoms with Crippen molar-refractivity contribution in [2.75, 3.05) is 19.8 Å². The van der Waals surface area contributed by atoms with Crippen molar-refractivity contribution in [3.63, 3.8) is 0 Å². The molecule has 2 rings (SSSR count). The minimum Gasteiger partial charge on any atom is -0.490 e. The highest BCUT2D eigenvalue weighted by Gasteiger charge is 2.42. The van der Waals surface area contributed by atoms with Gasteiger partial charge in [-0.25, -0.2) is 0 Å². The topological polar surface area (TPSA) is 104 Å². The van der Waals surface area contributed by atoms with Crippen LogP contribution in [0.25, 0.3) is 0 Å². The molecule has 0 heterocycles. The summed E-state index contributed by atoms with van der Waals surface area (Å²) in [5.41, 5.74) is 0. The van der Waals surface area contributed by atoms with Gasteiger partial charge in [0, 0.05) is 37.0 Å². The summed E-state index contributed by atoms with van der Waals surface area (Å²) in [4.78, 5) is 10.7. The lowest BCUT2D eigenvalue weighted by Crippen LogP contribution is -2.29. The van der Waals surface area contributed by atoms with Crippen LogP contribution in [0.1, 0.15) is 59.8 Å². The summed E-state index contributed by atoms with van der Waals surface area (Å²) in [6.07, 6.45) is 8.53. The number of aliphatic hydroxyl groups excluding tert-OH is 1. The number of rotatable bonds is 19. The second-order valence-corrected chi connectivity index (χ2v) is 10.0. The maximum absolute atomic E-state index is 11.0. The Morgan fingerprint density at radius 1 is 1.15 bits per heavy atom. The average molecular weight is 569 g/mol. The quantitative estimate of drug-likeness (QED) is 0.119. The molecule has 0 aliphatic heterocycles. The molecule has 0 saturated heterocycles. The number of hydrogen-bond acceptors (Lipinski definition) is 7. The lowest BCUT2D eigenvalue weighted by atomic mass is 9.89. The molecule has 7 atom stereocenters. The zero-order valence-electron chi connectivity index (χ0n) is 23.5. The molecule has 39 heavy (non-hydrogen) atoms. The summed E-state index contributed by atoms with van der Waals surface area (Å²) in [6, 6.07) is 7.20. The summed E-state index contributed by atoms with van der Waals surface area (Å²) in [5, 5.41) is 20.4. The van der Waals surface area contributed by atoms with Crippen LogP contribution in [0, 0.1) is 11.8 Å². The van der Waals surface area contributed by atoms with E-state index in [1.807, 2.05) is 64.1 Å². The van der Waals surface area contributed by atoms with E-state index < -0.39 is 30.8 Å². The van der Waals surface area contributed by atoms with Gasteiger partial charge in [0.15, 0.2) is 12.6 Å². The summed E-state index contributed by atoms with van der Waals surface area (Å²) in [5.74, 6) is -0.318. The molecule has 0 radical (unpaired) electrons. The molecule has 2 N–H and O–H groups in total. The maximum atomic E-state index is 11.0. The van der Waals surface area contributed by atoms with Crippen molar-refractivity contribution in [2.45, 2.75) is 90.7 Å². The molecule has 1 saturated carbocycles. The maximum Gasteiger partial charge on any atom is 0.303 e. The molecule has 1 aromatic carbocycles. The Balaban J connectivity index is 2.17. The third-order valence-electron chi connectivity index (χ3n) is 6.52. The Labute approximate surface area is 237 Å². The van der Waals surface area contributed by atoms with E-state index in [4.69, 9.17) is 40.4 Å². The molecule has 1 aliphatic carbocycles. The third kappa shape index (κ3) is 12.8. The molecule has 220 valence electrons. The van der Waals surface area contributed by atoms with Gasteiger partial charge in [-0.3, -0.25) is 4.79 Å². The number of aliphatic hydroxyl groups is 1. The van der Waals surface area contributed by atoms with Gasteiger partial charge in [-0.15, -0.1) is 0 Å². The monoisotopic (exact) mass is 568 g/mol. The largest absolute Gasteiger partial charge is 0.490 e. The Hall–Kier alpha value is -1.94. The number of ether oxygens (including phenoxy) is 5. The third-order valence-corrected chi connectivity index (χ3v) is 6.76. The van der Waals surface area contributed by atoms with Crippen LogP contribution in [0.2, 0.25) is 5.02 Å². The van der Waals surface area contributed by atoms with Crippen LogP contribution in [-0.4, -0.2) is 66.9 Å². The molecular weight excluding hydrogens is 524 g/mol. The van der Waals surface area contributed by atoms with Crippen LogP contribution in [0.3, 0.4) is 0 Å². The molecule has 1 aliphatic rings. The highest BCUT2D eigenvalue weighted by atomic mass is 35.5. The molecule has 1 aromatic rings. The molecule has 0 amide bonds. The highest BCUT2D eigenvalue weighted by molar-refractivity contribution is 6.30. The molecule has 9 heteroatoms. The van der Waals surface area contributed by atoms with Gasteiger partial charge < -0.3 is 33.9 Å². The Morgan fingerprint density at radius 3 is 2.59 bits per heavy atom. The molecule has 0 aromatic heterocycles. The van der Waals surface area contributed by atoms with Gasteiger partial charge in [0.2, 0.25) is 0 Å². The van der Waals surface area contributed by atoms with Crippen molar-refractivity contribution in [3.8, 4) is 5.75 Å². The fourth-order valence-electron chi connectivity index (χ4n) is 4.74. The lowest BCUT2D eigenvalue weighted by molar-refractivity contribution is -0.163. The number of unbranched alkanes of at least 4 members (excludes halogenated alkanes) is 1. The molecule has 0 bridgehead atoms. The molecule has 2 unspecified atom stereocenters. The Morgan fingerprint density at radius 2 is 1.90 bits per heavy atom. The van der Waals surface area contributed by atoms with Crippen LogP contribution in [0.5, 0.6) is 5.75 Å². The van der Waals surface area contributed by atoms with Gasteiger partial charge in [0.1, 0.15) is 18.5 Å². The van der Waals surface area contributed by atoms with Gasteiger partial charge >= 0.3 is 5.97 Å². The van der Waals surface area contributed by atoms with Gasteiger partial charge in [-0.2, -0.15) is 0 Å². The number of carboxylic acids is 1. The van der Waals surface area contributed by atoms with E-state index in [9.17, 15) is 9.90 Å². The normalized spacial score (nSPS) is 23.8. The molecule has 0 spiro atoms. The first-order valence-electron chi connectivity index (χ1n) is 13.9. The molecule has 8 nitrogen and oxygen atoms in total. The number of aliphatic carboxylic acids is 1. The predicted molar refractivity (Wildman–Crippen MR) is 151 cm³/mol. The van der Waals surface area contributed by atoms with Crippen LogP contribution in [0.15, 0.2) is 48.6 Å². The number of hydrogen-bond donors (Lipinski definition) is 2. The summed E-state index contributed by atoms with van der Waals surface area (Å²) >= 11 is 6.10. The average Bonchev–Trinajstić information content (AvgIpc) is 3.16. The summed E-state index contributed by atoms with van der Waals surface area (Å²) in [7, 11) is 0. The smallest absolute Gasteiger partial charge is 0.303 e. The van der Waals surface area contributed by atoms with Crippen LogP contribution in [-0.2, 0) is 23.7 Å². The Kier molecular flexibility index (Phi) is 15.7. The first-order chi connectivity index (χ1) is 18.7. The van der Waals surface area contributed by atoms with E-state index in [1.54, 1.807) is 12.1 Å². The first kappa shape index (κ1) is 33.3. The van der Waals surface area contributed by atoms with E-state index in [2.05, 4.69) is 0 Å². The standard InChI is InChI=1S/C30H45ClO8/c1-5-35-21(3)38-25(20-37-24-13-11-12-23(31)18-24)16-17-27-26(14-9-7-8-10-15-30(33)34)28(32)19-29(27)39-22(4)36-6-2/h7,9,11-13,16-18,21-22,25-29,32H,5-6,8,10,14-15,19-20H2,1-4H3,(H,33,34)/b9-7-,17-16+/t21?,22?,25-,26-,27-,28+,29-/m0/s1. The van der Waals surface area contributed by atoms with Crippen molar-refractivity contribution >= 4 is 17.6 Å². The first-order valence-corrected chi connectivity index (χ1v) is 14.3. The SMILES string of the molecule is CCOC(C)O[C@H]1C[C@@H](O)[C@@H](C/C=C\CCCC(=O)O)[C@@H]1/C=C/[C@@H](COc1cccc(Cl)c1)OC(C)OCC. The van der Waals surface area contributed by atoms with Gasteiger partial charge in [-0.05, 0) is 71.1 Å². The van der Waals surface area contributed by atoms with Gasteiger partial charge in [0.25, 0.3) is 0 Å². The van der Waals surface area contributed by atoms with Crippen molar-refractivity contribution in [2.24, 2.45) is 11.8 Å². The van der Waals surface area contributed by atoms with Crippen molar-refractivity contribution in [1.82, 2.24) is 0 Å². The van der Waals surface area contributed by atoms with E-state index in [1.165, 1.54) is 0 Å². The van der Waals surface area contributed by atoms with E-state index in [0.717, 1.165) is 0 Å². The zero-order chi connectivity index (χ0) is 28.6. The second kappa shape index (κ2) is 18.4. The fourth-order valence-corrected chi connectivity index (χ4v) is 4.92. The number of carbonyl (C=O) groups is 1. The van der Waals surface area contributed by atoms with Gasteiger partial charge in [0.05, 0.1) is 12.2 Å². The minimum atomic E-state index is -0.794. The van der Waals surface area contributed by atoms with Crippen molar-refractivity contribution < 1.29 is 38.7 Å². The van der Waals surface area contributed by atoms with Gasteiger partial charge in [-0.1, -0.05) is 42.0 Å². The van der Waals surface area contributed by atoms with Crippen molar-refractivity contribution in [3.05, 3.63) is 53.6 Å². The predicted octanol–water partition coefficient (Wildman–Crippen LogP) is 6.01. The highest BCUT2D eigenvalue weighted by Crippen LogP contribution is 2.39. The van der Waals surface area contributed by atoms with Crippen LogP contribution in [0.4, 0.5) is 0 Å². The number of carboxylic acid groups (broad SMARTS) is 1. The second-order valence-electron chi connectivity index (χ2n) is 9.59. The van der Waals surface area contributed by atoms with Crippen molar-refractivity contribution in [1.29, 1.82) is 0 Å². The van der Waals surface area contributed by atoms with Crippen LogP contribution >= 0.6 is 11.6 Å². The number of allylic oxidation sites excluding steroid dienone is 2. The van der Waals surface area contributed by atoms with E-state index in [0.29, 0.717) is 49.7 Å². The van der Waals surface area contributed by atoms with E-state index >= 15 is 0 Å². The summed E-state index contributed by atoms with van der Waals surface area (Å²) in [6.45, 7) is 8.84. The van der Waals surface area contributed by atoms with Crippen LogP contribution < -0.4 is 4.74 Å². The molecular formula is C30H45ClO8. The number of benzene rings is 1. The fraction of sp³-hybridized carbons (Fsp3) is 0.633. The zero-order valence-corrected chi connectivity index (χ0v) is 24.3. The minimum absolute atomic E-state index is 0.0744. The Bertz CT molecular complexity index is 891.